The quantitative estimate of drug-likeness (QED) is 0.0594. The lowest BCUT2D eigenvalue weighted by Crippen LogP contribution is -2.63. The van der Waals surface area contributed by atoms with Gasteiger partial charge in [-0.05, 0) is 157 Å². The lowest BCUT2D eigenvalue weighted by atomic mass is 9.43. The Morgan fingerprint density at radius 2 is 1.27 bits per heavy atom. The second kappa shape index (κ2) is 23.7. The maximum absolute atomic E-state index is 7.06. The molecule has 4 aliphatic rings. The Hall–Kier alpha value is -0.280. The molecule has 0 aromatic heterocycles. The molecule has 0 saturated heterocycles. The van der Waals surface area contributed by atoms with Gasteiger partial charge in [-0.2, -0.15) is 0 Å². The Balaban J connectivity index is 1.36. The van der Waals surface area contributed by atoms with E-state index in [2.05, 4.69) is 33.0 Å². The van der Waals surface area contributed by atoms with E-state index in [4.69, 9.17) is 31.4 Å². The standard InChI is InChI=1S/C45H88N4O3/c1-5-6-7-8-9-10-11-12-13-14-27-49-28-15-19-35(2)38-20-21-39-43-40(34-42(45(38,39)4)52-31-18-26-48)44(3)23-22-37(50-29-16-24-46)32-36(44)33-41(43)51-30-17-25-47/h35-43,49H,5-34,46-48H2,1-4H3/t35-,36?,37-,38-,39+,40+,41?,42+,43?,44+,45?/m1/s1. The average molecular weight is 733 g/mol. The molecule has 7 nitrogen and oxygen atoms in total. The zero-order valence-electron chi connectivity index (χ0n) is 34.9. The average Bonchev–Trinajstić information content (AvgIpc) is 3.50. The number of rotatable bonds is 28. The summed E-state index contributed by atoms with van der Waals surface area (Å²) in [7, 11) is 0. The maximum Gasteiger partial charge on any atom is 0.0637 e. The Labute approximate surface area is 322 Å². The highest BCUT2D eigenvalue weighted by Gasteiger charge is 2.66. The predicted octanol–water partition coefficient (Wildman–Crippen LogP) is 8.99. The summed E-state index contributed by atoms with van der Waals surface area (Å²) in [5, 5.41) is 3.80. The molecule has 0 amide bonds. The first kappa shape index (κ1) is 44.4. The number of nitrogens with two attached hydrogens (primary N) is 3. The van der Waals surface area contributed by atoms with Crippen LogP contribution in [0.2, 0.25) is 0 Å². The van der Waals surface area contributed by atoms with Gasteiger partial charge in [-0.3, -0.25) is 0 Å². The highest BCUT2D eigenvalue weighted by Crippen LogP contribution is 2.69. The van der Waals surface area contributed by atoms with Gasteiger partial charge in [-0.25, -0.2) is 0 Å². The minimum atomic E-state index is 0.180. The highest BCUT2D eigenvalue weighted by atomic mass is 16.5. The number of nitrogens with one attached hydrogen (secondary N) is 1. The van der Waals surface area contributed by atoms with Crippen molar-refractivity contribution >= 4 is 0 Å². The van der Waals surface area contributed by atoms with Crippen LogP contribution < -0.4 is 22.5 Å². The van der Waals surface area contributed by atoms with Gasteiger partial charge in [0.15, 0.2) is 0 Å². The Kier molecular flexibility index (Phi) is 20.3. The van der Waals surface area contributed by atoms with Crippen molar-refractivity contribution in [2.24, 2.45) is 63.5 Å². The van der Waals surface area contributed by atoms with Gasteiger partial charge in [0, 0.05) is 25.2 Å². The first-order valence-corrected chi connectivity index (χ1v) is 23.0. The molecule has 0 spiro atoms. The van der Waals surface area contributed by atoms with Crippen molar-refractivity contribution < 1.29 is 14.2 Å². The van der Waals surface area contributed by atoms with Gasteiger partial charge in [0.1, 0.15) is 0 Å². The fourth-order valence-corrected chi connectivity index (χ4v) is 12.2. The first-order valence-electron chi connectivity index (χ1n) is 23.0. The molecule has 4 fully saturated rings. The number of ether oxygens (including phenoxy) is 3. The third-order valence-electron chi connectivity index (χ3n) is 15.2. The van der Waals surface area contributed by atoms with E-state index in [-0.39, 0.29) is 5.41 Å². The van der Waals surface area contributed by atoms with E-state index in [1.807, 2.05) is 0 Å². The number of hydrogen-bond acceptors (Lipinski definition) is 7. The number of fused-ring (bicyclic) bond motifs is 5. The van der Waals surface area contributed by atoms with Crippen LogP contribution in [0.15, 0.2) is 0 Å². The molecular formula is C45H88N4O3. The summed E-state index contributed by atoms with van der Waals surface area (Å²) < 4.78 is 20.4. The Morgan fingerprint density at radius 3 is 1.94 bits per heavy atom. The second-order valence-corrected chi connectivity index (χ2v) is 18.5. The molecule has 0 radical (unpaired) electrons. The molecule has 7 N–H and O–H groups in total. The minimum Gasteiger partial charge on any atom is -0.378 e. The molecule has 11 atom stereocenters. The molecule has 4 rings (SSSR count). The van der Waals surface area contributed by atoms with Gasteiger partial charge in [0.05, 0.1) is 18.3 Å². The van der Waals surface area contributed by atoms with Gasteiger partial charge in [-0.1, -0.05) is 85.5 Å². The van der Waals surface area contributed by atoms with Crippen molar-refractivity contribution in [3.63, 3.8) is 0 Å². The van der Waals surface area contributed by atoms with Crippen LogP contribution in [-0.4, -0.2) is 70.9 Å². The van der Waals surface area contributed by atoms with E-state index in [9.17, 15) is 0 Å². The number of hydrogen-bond donors (Lipinski definition) is 4. The summed E-state index contributed by atoms with van der Waals surface area (Å²) in [6.07, 6.45) is 29.1. The van der Waals surface area contributed by atoms with Crippen molar-refractivity contribution in [2.45, 2.75) is 187 Å². The molecule has 0 aromatic rings. The van der Waals surface area contributed by atoms with E-state index in [0.717, 1.165) is 52.0 Å². The van der Waals surface area contributed by atoms with Crippen LogP contribution in [0.5, 0.6) is 0 Å². The molecule has 0 heterocycles. The summed E-state index contributed by atoms with van der Waals surface area (Å²) in [5.74, 6) is 3.92. The van der Waals surface area contributed by atoms with Gasteiger partial charge >= 0.3 is 0 Å². The third-order valence-corrected chi connectivity index (χ3v) is 15.2. The summed E-state index contributed by atoms with van der Waals surface area (Å²) in [6.45, 7) is 17.0. The van der Waals surface area contributed by atoms with Crippen molar-refractivity contribution in [3.8, 4) is 0 Å². The van der Waals surface area contributed by atoms with Gasteiger partial charge in [0.2, 0.25) is 0 Å². The Bertz CT molecular complexity index is 940. The predicted molar refractivity (Wildman–Crippen MR) is 219 cm³/mol. The molecule has 4 saturated carbocycles. The fraction of sp³-hybridized carbons (Fsp3) is 1.00. The van der Waals surface area contributed by atoms with E-state index in [0.29, 0.717) is 78.9 Å². The summed E-state index contributed by atoms with van der Waals surface area (Å²) in [4.78, 5) is 0. The maximum atomic E-state index is 7.06. The van der Waals surface area contributed by atoms with Crippen LogP contribution in [0.25, 0.3) is 0 Å². The normalized spacial score (nSPS) is 34.9. The fourth-order valence-electron chi connectivity index (χ4n) is 12.2. The van der Waals surface area contributed by atoms with Crippen LogP contribution in [0, 0.1) is 46.3 Å². The Morgan fingerprint density at radius 1 is 0.654 bits per heavy atom. The minimum absolute atomic E-state index is 0.180. The van der Waals surface area contributed by atoms with Crippen LogP contribution in [0.1, 0.15) is 169 Å². The van der Waals surface area contributed by atoms with Gasteiger partial charge in [-0.15, -0.1) is 0 Å². The van der Waals surface area contributed by atoms with E-state index >= 15 is 0 Å². The van der Waals surface area contributed by atoms with E-state index < -0.39 is 0 Å². The van der Waals surface area contributed by atoms with Crippen LogP contribution in [0.4, 0.5) is 0 Å². The molecule has 4 unspecified atom stereocenters. The van der Waals surface area contributed by atoms with Crippen molar-refractivity contribution in [1.29, 1.82) is 0 Å². The van der Waals surface area contributed by atoms with Gasteiger partial charge < -0.3 is 36.7 Å². The van der Waals surface area contributed by atoms with E-state index in [1.54, 1.807) is 0 Å². The van der Waals surface area contributed by atoms with Crippen molar-refractivity contribution in [1.82, 2.24) is 5.32 Å². The van der Waals surface area contributed by atoms with Crippen molar-refractivity contribution in [2.75, 3.05) is 52.5 Å². The molecule has 306 valence electrons. The summed E-state index contributed by atoms with van der Waals surface area (Å²) in [6, 6.07) is 0. The molecule has 7 heteroatoms. The topological polar surface area (TPSA) is 118 Å². The van der Waals surface area contributed by atoms with E-state index in [1.165, 1.54) is 122 Å². The molecular weight excluding hydrogens is 645 g/mol. The molecule has 52 heavy (non-hydrogen) atoms. The zero-order chi connectivity index (χ0) is 37.2. The van der Waals surface area contributed by atoms with Crippen molar-refractivity contribution in [3.05, 3.63) is 0 Å². The second-order valence-electron chi connectivity index (χ2n) is 18.5. The SMILES string of the molecule is CCCCCCCCCCCCNCCC[C@@H](C)[C@H]1CC[C@H]2C3C(OCCCN)CC4C[C@H](OCCCN)CC[C@]4(C)[C@H]3C[C@H](OCCCN)C12C. The monoisotopic (exact) mass is 733 g/mol. The molecule has 4 aliphatic carbocycles. The number of unbranched alkanes of at least 4 members (excludes halogenated alkanes) is 9. The molecule has 0 aromatic carbocycles. The smallest absolute Gasteiger partial charge is 0.0637 e. The summed E-state index contributed by atoms with van der Waals surface area (Å²) in [5.41, 5.74) is 18.3. The first-order chi connectivity index (χ1) is 25.3. The van der Waals surface area contributed by atoms with Crippen LogP contribution >= 0.6 is 0 Å². The van der Waals surface area contributed by atoms with Crippen LogP contribution in [-0.2, 0) is 14.2 Å². The lowest BCUT2D eigenvalue weighted by Gasteiger charge is -2.65. The highest BCUT2D eigenvalue weighted by molar-refractivity contribution is 5.15. The lowest BCUT2D eigenvalue weighted by molar-refractivity contribution is -0.227. The molecule has 0 aliphatic heterocycles. The largest absolute Gasteiger partial charge is 0.378 e. The summed E-state index contributed by atoms with van der Waals surface area (Å²) >= 11 is 0. The molecule has 0 bridgehead atoms. The third kappa shape index (κ3) is 11.9. The zero-order valence-corrected chi connectivity index (χ0v) is 34.9. The van der Waals surface area contributed by atoms with Gasteiger partial charge in [0.25, 0.3) is 0 Å². The van der Waals surface area contributed by atoms with Crippen LogP contribution in [0.3, 0.4) is 0 Å².